The summed E-state index contributed by atoms with van der Waals surface area (Å²) in [6.07, 6.45) is 3.68. The van der Waals surface area contributed by atoms with Crippen LogP contribution in [-0.2, 0) is 6.42 Å². The van der Waals surface area contributed by atoms with Crippen LogP contribution in [0.2, 0.25) is 0 Å². The topological polar surface area (TPSA) is 9.23 Å². The molecule has 25 heavy (non-hydrogen) atoms. The summed E-state index contributed by atoms with van der Waals surface area (Å²) in [5.41, 5.74) is 2.74. The van der Waals surface area contributed by atoms with E-state index >= 15 is 0 Å². The molecule has 0 aliphatic rings. The fourth-order valence-corrected chi connectivity index (χ4v) is 4.40. The SMILES string of the molecule is CCCCc1ccc(-c2cc3c(ccc4cc(OC)ccc43)s2)cc1. The molecule has 1 nitrogen and oxygen atoms in total. The maximum Gasteiger partial charge on any atom is 0.119 e. The average Bonchev–Trinajstić information content (AvgIpc) is 3.11. The maximum absolute atomic E-state index is 5.35. The molecule has 0 aliphatic heterocycles. The van der Waals surface area contributed by atoms with Crippen LogP contribution in [0, 0.1) is 0 Å². The van der Waals surface area contributed by atoms with Crippen LogP contribution in [0.3, 0.4) is 0 Å². The van der Waals surface area contributed by atoms with Crippen molar-refractivity contribution in [1.29, 1.82) is 0 Å². The number of rotatable bonds is 5. The Labute approximate surface area is 152 Å². The van der Waals surface area contributed by atoms with Crippen molar-refractivity contribution in [3.8, 4) is 16.2 Å². The molecule has 0 amide bonds. The summed E-state index contributed by atoms with van der Waals surface area (Å²) >= 11 is 1.87. The van der Waals surface area contributed by atoms with Crippen molar-refractivity contribution in [2.45, 2.75) is 26.2 Å². The third kappa shape index (κ3) is 3.14. The first-order valence-electron chi connectivity index (χ1n) is 8.88. The van der Waals surface area contributed by atoms with Crippen molar-refractivity contribution < 1.29 is 4.74 Å². The van der Waals surface area contributed by atoms with Crippen LogP contribution in [0.1, 0.15) is 25.3 Å². The summed E-state index contributed by atoms with van der Waals surface area (Å²) in [6, 6.07) is 22.1. The highest BCUT2D eigenvalue weighted by Crippen LogP contribution is 2.38. The molecule has 4 rings (SSSR count). The molecule has 0 bridgehead atoms. The number of benzene rings is 3. The first kappa shape index (κ1) is 16.2. The van der Waals surface area contributed by atoms with E-state index in [0.717, 1.165) is 5.75 Å². The Hall–Kier alpha value is -2.32. The largest absolute Gasteiger partial charge is 0.497 e. The second-order valence-corrected chi connectivity index (χ2v) is 7.56. The summed E-state index contributed by atoms with van der Waals surface area (Å²) in [6.45, 7) is 2.24. The average molecular weight is 346 g/mol. The van der Waals surface area contributed by atoms with Gasteiger partial charge in [-0.1, -0.05) is 49.7 Å². The molecule has 3 aromatic carbocycles. The van der Waals surface area contributed by atoms with Gasteiger partial charge in [0.25, 0.3) is 0 Å². The predicted octanol–water partition coefficient (Wildman–Crippen LogP) is 7.07. The van der Waals surface area contributed by atoms with Crippen molar-refractivity contribution in [1.82, 2.24) is 0 Å². The van der Waals surface area contributed by atoms with E-state index in [1.165, 1.54) is 56.1 Å². The van der Waals surface area contributed by atoms with Crippen LogP contribution >= 0.6 is 11.3 Å². The Morgan fingerprint density at radius 1 is 0.880 bits per heavy atom. The van der Waals surface area contributed by atoms with Crippen LogP contribution in [0.4, 0.5) is 0 Å². The van der Waals surface area contributed by atoms with Gasteiger partial charge in [-0.15, -0.1) is 11.3 Å². The molecule has 0 fully saturated rings. The highest BCUT2D eigenvalue weighted by molar-refractivity contribution is 7.22. The highest BCUT2D eigenvalue weighted by atomic mass is 32.1. The zero-order valence-corrected chi connectivity index (χ0v) is 15.5. The van der Waals surface area contributed by atoms with E-state index in [9.17, 15) is 0 Å². The second kappa shape index (κ2) is 6.89. The van der Waals surface area contributed by atoms with Gasteiger partial charge < -0.3 is 4.74 Å². The van der Waals surface area contributed by atoms with Gasteiger partial charge in [-0.05, 0) is 59.0 Å². The number of methoxy groups -OCH3 is 1. The minimum Gasteiger partial charge on any atom is -0.497 e. The molecule has 0 N–H and O–H groups in total. The molecule has 0 unspecified atom stereocenters. The van der Waals surface area contributed by atoms with Crippen LogP contribution in [-0.4, -0.2) is 7.11 Å². The minimum absolute atomic E-state index is 0.907. The molecule has 0 atom stereocenters. The zero-order valence-electron chi connectivity index (χ0n) is 14.7. The monoisotopic (exact) mass is 346 g/mol. The third-order valence-corrected chi connectivity index (χ3v) is 5.93. The van der Waals surface area contributed by atoms with Crippen molar-refractivity contribution in [3.05, 3.63) is 66.2 Å². The van der Waals surface area contributed by atoms with E-state index in [4.69, 9.17) is 4.74 Å². The lowest BCUT2D eigenvalue weighted by molar-refractivity contribution is 0.415. The maximum atomic E-state index is 5.35. The summed E-state index contributed by atoms with van der Waals surface area (Å²) in [7, 11) is 1.71. The van der Waals surface area contributed by atoms with Crippen LogP contribution in [0.15, 0.2) is 60.7 Å². The lowest BCUT2D eigenvalue weighted by Gasteiger charge is -2.03. The van der Waals surface area contributed by atoms with Gasteiger partial charge in [-0.25, -0.2) is 0 Å². The number of ether oxygens (including phenoxy) is 1. The number of hydrogen-bond acceptors (Lipinski definition) is 2. The second-order valence-electron chi connectivity index (χ2n) is 6.48. The molecule has 126 valence electrons. The number of thiophene rings is 1. The van der Waals surface area contributed by atoms with E-state index in [1.807, 2.05) is 17.4 Å². The van der Waals surface area contributed by atoms with Crippen molar-refractivity contribution in [2.75, 3.05) is 7.11 Å². The van der Waals surface area contributed by atoms with Gasteiger partial charge in [0, 0.05) is 15.0 Å². The molecule has 1 heterocycles. The molecule has 0 radical (unpaired) electrons. The van der Waals surface area contributed by atoms with E-state index in [1.54, 1.807) is 7.11 Å². The van der Waals surface area contributed by atoms with Gasteiger partial charge in [-0.3, -0.25) is 0 Å². The number of hydrogen-bond donors (Lipinski definition) is 0. The molecule has 2 heteroatoms. The highest BCUT2D eigenvalue weighted by Gasteiger charge is 2.08. The summed E-state index contributed by atoms with van der Waals surface area (Å²) in [4.78, 5) is 1.33. The standard InChI is InChI=1S/C23H22OS/c1-3-4-5-16-6-8-17(9-7-16)23-15-21-20-12-11-19(24-2)14-18(20)10-13-22(21)25-23/h6-15H,3-5H2,1-2H3. The predicted molar refractivity (Wildman–Crippen MR) is 110 cm³/mol. The van der Waals surface area contributed by atoms with Gasteiger partial charge in [0.1, 0.15) is 5.75 Å². The van der Waals surface area contributed by atoms with Crippen LogP contribution in [0.25, 0.3) is 31.3 Å². The minimum atomic E-state index is 0.907. The number of unbranched alkanes of at least 4 members (excludes halogenated alkanes) is 1. The molecular formula is C23H22OS. The van der Waals surface area contributed by atoms with E-state index in [2.05, 4.69) is 61.5 Å². The van der Waals surface area contributed by atoms with Gasteiger partial charge in [-0.2, -0.15) is 0 Å². The van der Waals surface area contributed by atoms with Gasteiger partial charge in [0.15, 0.2) is 0 Å². The molecule has 0 spiro atoms. The Morgan fingerprint density at radius 3 is 2.48 bits per heavy atom. The first-order chi connectivity index (χ1) is 12.3. The van der Waals surface area contributed by atoms with Gasteiger partial charge in [0.2, 0.25) is 0 Å². The quantitative estimate of drug-likeness (QED) is 0.375. The summed E-state index contributed by atoms with van der Waals surface area (Å²) in [5.74, 6) is 0.907. The van der Waals surface area contributed by atoms with Crippen LogP contribution < -0.4 is 4.74 Å². The van der Waals surface area contributed by atoms with Crippen LogP contribution in [0.5, 0.6) is 5.75 Å². The molecule has 1 aromatic heterocycles. The molecule has 4 aromatic rings. The molecule has 0 saturated carbocycles. The Kier molecular flexibility index (Phi) is 4.46. The smallest absolute Gasteiger partial charge is 0.119 e. The zero-order chi connectivity index (χ0) is 17.2. The van der Waals surface area contributed by atoms with E-state index < -0.39 is 0 Å². The van der Waals surface area contributed by atoms with Crippen molar-refractivity contribution >= 4 is 32.2 Å². The number of fused-ring (bicyclic) bond motifs is 3. The Bertz CT molecular complexity index is 1010. The van der Waals surface area contributed by atoms with E-state index in [0.29, 0.717) is 0 Å². The summed E-state index contributed by atoms with van der Waals surface area (Å²) in [5, 5.41) is 3.85. The normalized spacial score (nSPS) is 11.3. The third-order valence-electron chi connectivity index (χ3n) is 4.78. The summed E-state index contributed by atoms with van der Waals surface area (Å²) < 4.78 is 6.69. The fraction of sp³-hybridized carbons (Fsp3) is 0.217. The Morgan fingerprint density at radius 2 is 1.72 bits per heavy atom. The molecule has 0 saturated heterocycles. The van der Waals surface area contributed by atoms with Crippen molar-refractivity contribution in [3.63, 3.8) is 0 Å². The van der Waals surface area contributed by atoms with Crippen molar-refractivity contribution in [2.24, 2.45) is 0 Å². The van der Waals surface area contributed by atoms with Gasteiger partial charge in [0.05, 0.1) is 7.11 Å². The molecular weight excluding hydrogens is 324 g/mol. The fourth-order valence-electron chi connectivity index (χ4n) is 3.31. The lowest BCUT2D eigenvalue weighted by Crippen LogP contribution is -1.83. The first-order valence-corrected chi connectivity index (χ1v) is 9.70. The lowest BCUT2D eigenvalue weighted by atomic mass is 10.0. The Balaban J connectivity index is 1.74. The van der Waals surface area contributed by atoms with E-state index in [-0.39, 0.29) is 0 Å². The number of aryl methyl sites for hydroxylation is 1. The van der Waals surface area contributed by atoms with Gasteiger partial charge >= 0.3 is 0 Å². The molecule has 0 aliphatic carbocycles.